The van der Waals surface area contributed by atoms with Crippen molar-refractivity contribution < 1.29 is 47.6 Å². The minimum absolute atomic E-state index is 0.132. The van der Waals surface area contributed by atoms with E-state index < -0.39 is 23.9 Å². The number of ether oxygens (including phenoxy) is 6. The highest BCUT2D eigenvalue weighted by Crippen LogP contribution is 2.03. The van der Waals surface area contributed by atoms with Crippen LogP contribution in [0.25, 0.3) is 0 Å². The molecule has 0 saturated carbocycles. The van der Waals surface area contributed by atoms with Crippen LogP contribution in [0.2, 0.25) is 0 Å². The number of hydrogen-bond donors (Lipinski definition) is 0. The summed E-state index contributed by atoms with van der Waals surface area (Å²) in [7, 11) is 0. The largest absolute Gasteiger partial charge is 0.460 e. The molecule has 10 heteroatoms. The normalized spacial score (nSPS) is 13.3. The van der Waals surface area contributed by atoms with E-state index in [4.69, 9.17) is 28.4 Å². The molecule has 0 spiro atoms. The van der Waals surface area contributed by atoms with Gasteiger partial charge in [-0.1, -0.05) is 26.3 Å². The number of rotatable bonds is 16. The van der Waals surface area contributed by atoms with E-state index in [1.807, 2.05) is 0 Å². The Morgan fingerprint density at radius 3 is 1.44 bits per heavy atom. The Morgan fingerprint density at radius 1 is 0.611 bits per heavy atom. The molecule has 0 rings (SSSR count). The monoisotopic (exact) mass is 512 g/mol. The predicted molar refractivity (Wildman–Crippen MR) is 134 cm³/mol. The molecule has 0 bridgehead atoms. The first-order valence-electron chi connectivity index (χ1n) is 11.3. The highest BCUT2D eigenvalue weighted by Gasteiger charge is 2.14. The molecule has 36 heavy (non-hydrogen) atoms. The van der Waals surface area contributed by atoms with E-state index >= 15 is 0 Å². The van der Waals surface area contributed by atoms with E-state index in [0.717, 1.165) is 12.2 Å². The van der Waals surface area contributed by atoms with Gasteiger partial charge < -0.3 is 28.4 Å². The van der Waals surface area contributed by atoms with Gasteiger partial charge >= 0.3 is 23.9 Å². The quantitative estimate of drug-likeness (QED) is 0.173. The van der Waals surface area contributed by atoms with Gasteiger partial charge in [-0.25, -0.2) is 19.2 Å². The number of carbonyl (C=O) groups is 4. The first-order chi connectivity index (χ1) is 16.7. The molecular weight excluding hydrogens is 472 g/mol. The lowest BCUT2D eigenvalue weighted by Crippen LogP contribution is -2.26. The zero-order valence-electron chi connectivity index (χ0n) is 22.2. The molecule has 0 aliphatic carbocycles. The van der Waals surface area contributed by atoms with Gasteiger partial charge in [0.1, 0.15) is 25.4 Å². The lowest BCUT2D eigenvalue weighted by molar-refractivity contribution is -0.150. The molecule has 0 aromatic rings. The van der Waals surface area contributed by atoms with Crippen molar-refractivity contribution in [3.8, 4) is 0 Å². The second-order valence-electron chi connectivity index (χ2n) is 7.95. The SMILES string of the molecule is C=C(C)C(=O)OCC(C)OCC(C)OC(=O)C(=C)C.C=CC(=O)OCC(C)OCC(C)OC(=O)C=C. The van der Waals surface area contributed by atoms with Crippen LogP contribution in [-0.4, -0.2) is 74.7 Å². The summed E-state index contributed by atoms with van der Waals surface area (Å²) < 4.78 is 30.4. The fraction of sp³-hybridized carbons (Fsp3) is 0.538. The van der Waals surface area contributed by atoms with Crippen molar-refractivity contribution in [3.05, 3.63) is 49.6 Å². The van der Waals surface area contributed by atoms with Gasteiger partial charge in [0.2, 0.25) is 0 Å². The summed E-state index contributed by atoms with van der Waals surface area (Å²) in [6.45, 7) is 24.3. The molecule has 0 amide bonds. The predicted octanol–water partition coefficient (Wildman–Crippen LogP) is 3.26. The number of hydrogen-bond acceptors (Lipinski definition) is 10. The fourth-order valence-electron chi connectivity index (χ4n) is 1.87. The first-order valence-corrected chi connectivity index (χ1v) is 11.3. The molecule has 0 saturated heterocycles. The van der Waals surface area contributed by atoms with E-state index in [9.17, 15) is 19.2 Å². The summed E-state index contributed by atoms with van der Waals surface area (Å²) in [5.41, 5.74) is 0.686. The minimum atomic E-state index is -0.494. The summed E-state index contributed by atoms with van der Waals surface area (Å²) in [5, 5.41) is 0. The van der Waals surface area contributed by atoms with Crippen LogP contribution in [0, 0.1) is 0 Å². The second kappa shape index (κ2) is 20.0. The Bertz CT molecular complexity index is 771. The average molecular weight is 513 g/mol. The van der Waals surface area contributed by atoms with E-state index in [-0.39, 0.29) is 50.8 Å². The van der Waals surface area contributed by atoms with Gasteiger partial charge in [0, 0.05) is 23.3 Å². The van der Waals surface area contributed by atoms with Gasteiger partial charge in [-0.2, -0.15) is 0 Å². The zero-order chi connectivity index (χ0) is 28.3. The molecule has 204 valence electrons. The summed E-state index contributed by atoms with van der Waals surface area (Å²) in [4.78, 5) is 44.0. The number of esters is 4. The molecule has 0 radical (unpaired) electrons. The van der Waals surface area contributed by atoms with E-state index in [1.54, 1.807) is 41.5 Å². The Kier molecular flexibility index (Phi) is 19.4. The Morgan fingerprint density at radius 2 is 1.03 bits per heavy atom. The van der Waals surface area contributed by atoms with Crippen molar-refractivity contribution in [2.75, 3.05) is 26.4 Å². The van der Waals surface area contributed by atoms with Crippen LogP contribution >= 0.6 is 0 Å². The summed E-state index contributed by atoms with van der Waals surface area (Å²) in [6, 6.07) is 0. The average Bonchev–Trinajstić information content (AvgIpc) is 2.83. The van der Waals surface area contributed by atoms with Crippen molar-refractivity contribution in [3.63, 3.8) is 0 Å². The zero-order valence-corrected chi connectivity index (χ0v) is 22.2. The van der Waals surface area contributed by atoms with Gasteiger partial charge in [0.25, 0.3) is 0 Å². The third-order valence-corrected chi connectivity index (χ3v) is 3.80. The molecule has 0 heterocycles. The van der Waals surface area contributed by atoms with Crippen molar-refractivity contribution in [1.29, 1.82) is 0 Å². The van der Waals surface area contributed by atoms with Crippen molar-refractivity contribution >= 4 is 23.9 Å². The van der Waals surface area contributed by atoms with E-state index in [0.29, 0.717) is 11.1 Å². The molecule has 4 unspecified atom stereocenters. The van der Waals surface area contributed by atoms with E-state index in [1.165, 1.54) is 0 Å². The Balaban J connectivity index is 0. The minimum Gasteiger partial charge on any atom is -0.460 e. The molecule has 0 N–H and O–H groups in total. The summed E-state index contributed by atoms with van der Waals surface area (Å²) in [6.07, 6.45) is 0.854. The van der Waals surface area contributed by atoms with Crippen molar-refractivity contribution in [1.82, 2.24) is 0 Å². The lowest BCUT2D eigenvalue weighted by atomic mass is 10.3. The first kappa shape index (κ1) is 34.9. The molecular formula is C26H40O10. The van der Waals surface area contributed by atoms with Gasteiger partial charge in [0.05, 0.1) is 25.4 Å². The van der Waals surface area contributed by atoms with Crippen LogP contribution in [0.4, 0.5) is 0 Å². The maximum Gasteiger partial charge on any atom is 0.333 e. The molecule has 4 atom stereocenters. The van der Waals surface area contributed by atoms with Gasteiger partial charge in [-0.05, 0) is 41.5 Å². The fourth-order valence-corrected chi connectivity index (χ4v) is 1.87. The van der Waals surface area contributed by atoms with Crippen LogP contribution in [-0.2, 0) is 47.6 Å². The third-order valence-electron chi connectivity index (χ3n) is 3.80. The van der Waals surface area contributed by atoms with E-state index in [2.05, 4.69) is 26.3 Å². The standard InChI is InChI=1S/C14H22O5.C12H18O5/c1-9(2)13(15)18-7-11(5)17-8-12(6)19-14(16)10(3)4;1-5-11(13)16-7-9(3)15-8-10(4)17-12(14)6-2/h11-12H,1,3,7-8H2,2,4-6H3;5-6,9-10H,1-2,7-8H2,3-4H3. The molecule has 10 nitrogen and oxygen atoms in total. The third kappa shape index (κ3) is 20.2. The van der Waals surface area contributed by atoms with Crippen LogP contribution < -0.4 is 0 Å². The molecule has 0 aliphatic rings. The Hall–Kier alpha value is -3.24. The van der Waals surface area contributed by atoms with Crippen molar-refractivity contribution in [2.24, 2.45) is 0 Å². The van der Waals surface area contributed by atoms with Gasteiger partial charge in [0.15, 0.2) is 0 Å². The topological polar surface area (TPSA) is 124 Å². The summed E-state index contributed by atoms with van der Waals surface area (Å²) in [5.74, 6) is -1.88. The second-order valence-corrected chi connectivity index (χ2v) is 7.95. The number of carbonyl (C=O) groups excluding carboxylic acids is 4. The maximum absolute atomic E-state index is 11.2. The molecule has 0 aliphatic heterocycles. The molecule has 0 fully saturated rings. The van der Waals surface area contributed by atoms with Crippen LogP contribution in [0.3, 0.4) is 0 Å². The smallest absolute Gasteiger partial charge is 0.333 e. The van der Waals surface area contributed by atoms with Gasteiger partial charge in [-0.15, -0.1) is 0 Å². The van der Waals surface area contributed by atoms with Crippen LogP contribution in [0.1, 0.15) is 41.5 Å². The Labute approximate surface area is 213 Å². The molecule has 0 aromatic carbocycles. The van der Waals surface area contributed by atoms with Crippen LogP contribution in [0.15, 0.2) is 49.6 Å². The maximum atomic E-state index is 11.2. The van der Waals surface area contributed by atoms with Crippen molar-refractivity contribution in [2.45, 2.75) is 66.0 Å². The van der Waals surface area contributed by atoms with Crippen LogP contribution in [0.5, 0.6) is 0 Å². The summed E-state index contributed by atoms with van der Waals surface area (Å²) >= 11 is 0. The highest BCUT2D eigenvalue weighted by molar-refractivity contribution is 5.87. The molecule has 0 aromatic heterocycles. The highest BCUT2D eigenvalue weighted by atomic mass is 16.6. The van der Waals surface area contributed by atoms with Gasteiger partial charge in [-0.3, -0.25) is 0 Å². The lowest BCUT2D eigenvalue weighted by Gasteiger charge is -2.17.